The van der Waals surface area contributed by atoms with Crippen LogP contribution in [0.25, 0.3) is 0 Å². The van der Waals surface area contributed by atoms with E-state index in [-0.39, 0.29) is 18.5 Å². The van der Waals surface area contributed by atoms with Gasteiger partial charge in [0.2, 0.25) is 5.91 Å². The third kappa shape index (κ3) is 67.2. The molecule has 0 spiro atoms. The van der Waals surface area contributed by atoms with Crippen LogP contribution in [0.15, 0.2) is 36.5 Å². The highest BCUT2D eigenvalue weighted by Gasteiger charge is 2.18. The summed E-state index contributed by atoms with van der Waals surface area (Å²) < 4.78 is 5.49. The lowest BCUT2D eigenvalue weighted by Gasteiger charge is -2.20. The van der Waals surface area contributed by atoms with Gasteiger partial charge in [-0.25, -0.2) is 0 Å². The summed E-state index contributed by atoms with van der Waals surface area (Å²) in [5.41, 5.74) is 0. The van der Waals surface area contributed by atoms with E-state index in [4.69, 9.17) is 4.74 Å². The Balaban J connectivity index is 3.35. The van der Waals surface area contributed by atoms with Crippen molar-refractivity contribution in [2.75, 3.05) is 13.2 Å². The molecule has 0 aliphatic rings. The van der Waals surface area contributed by atoms with Crippen molar-refractivity contribution in [3.63, 3.8) is 0 Å². The molecule has 2 unspecified atom stereocenters. The van der Waals surface area contributed by atoms with E-state index >= 15 is 0 Å². The zero-order chi connectivity index (χ0) is 59.2. The molecule has 0 aromatic carbocycles. The second kappa shape index (κ2) is 71.6. The molecule has 82 heavy (non-hydrogen) atoms. The maximum absolute atomic E-state index is 12.5. The van der Waals surface area contributed by atoms with Gasteiger partial charge in [0, 0.05) is 12.8 Å². The molecule has 0 rings (SSSR count). The fourth-order valence-corrected chi connectivity index (χ4v) is 11.7. The quantitative estimate of drug-likeness (QED) is 0.0320. The first kappa shape index (κ1) is 80.1. The van der Waals surface area contributed by atoms with Crippen molar-refractivity contribution in [3.05, 3.63) is 36.5 Å². The standard InChI is InChI=1S/C76H145NO5/c1-3-5-7-9-11-13-15-17-19-41-44-48-52-56-60-64-68-74(79)73(72-78)77-75(80)69-65-61-57-53-49-45-42-39-37-35-33-31-29-27-25-23-21-20-22-24-26-28-30-32-34-36-38-40-43-47-51-55-59-63-67-71-82-76(81)70-66-62-58-54-50-46-18-16-14-12-10-8-6-4-2/h16,18,22,24,64,68,73-74,78-79H,3-15,17,19-21,23,25-63,65-67,69-72H2,1-2H3,(H,77,80)/b18-16-,24-22-,68-64+. The molecular formula is C76H145NO5. The van der Waals surface area contributed by atoms with Gasteiger partial charge in [-0.2, -0.15) is 0 Å². The van der Waals surface area contributed by atoms with Crippen LogP contribution in [0, 0.1) is 0 Å². The number of amides is 1. The summed E-state index contributed by atoms with van der Waals surface area (Å²) in [6.07, 6.45) is 92.5. The van der Waals surface area contributed by atoms with E-state index in [1.54, 1.807) is 6.08 Å². The normalized spacial score (nSPS) is 12.7. The van der Waals surface area contributed by atoms with Crippen LogP contribution < -0.4 is 5.32 Å². The summed E-state index contributed by atoms with van der Waals surface area (Å²) in [6.45, 7) is 4.93. The molecule has 6 heteroatoms. The summed E-state index contributed by atoms with van der Waals surface area (Å²) in [5.74, 6) is -0.0498. The van der Waals surface area contributed by atoms with E-state index in [1.165, 1.54) is 340 Å². The first-order valence-electron chi connectivity index (χ1n) is 37.3. The van der Waals surface area contributed by atoms with E-state index in [0.717, 1.165) is 44.9 Å². The number of hydrogen-bond acceptors (Lipinski definition) is 5. The zero-order valence-corrected chi connectivity index (χ0v) is 55.5. The first-order chi connectivity index (χ1) is 40.5. The van der Waals surface area contributed by atoms with E-state index in [9.17, 15) is 19.8 Å². The SMILES string of the molecule is CCCCCCC/C=C\CCCCCCCC(=O)OCCCCCCCCCCCCCCCC/C=C\CCCCCCCCCCCCCCCCCCCC(=O)NC(CO)C(O)/C=C/CCCCCCCCCCCCCCCC. The van der Waals surface area contributed by atoms with Crippen molar-refractivity contribution in [2.24, 2.45) is 0 Å². The number of hydrogen-bond donors (Lipinski definition) is 3. The molecule has 0 radical (unpaired) electrons. The van der Waals surface area contributed by atoms with Crippen molar-refractivity contribution in [3.8, 4) is 0 Å². The average molecular weight is 1150 g/mol. The van der Waals surface area contributed by atoms with Crippen LogP contribution in [-0.4, -0.2) is 47.4 Å². The molecule has 0 aliphatic carbocycles. The minimum Gasteiger partial charge on any atom is -0.466 e. The lowest BCUT2D eigenvalue weighted by molar-refractivity contribution is -0.143. The number of allylic oxidation sites excluding steroid dienone is 5. The second-order valence-corrected chi connectivity index (χ2v) is 25.6. The molecule has 0 bridgehead atoms. The molecule has 0 aromatic heterocycles. The van der Waals surface area contributed by atoms with Gasteiger partial charge < -0.3 is 20.3 Å². The largest absolute Gasteiger partial charge is 0.466 e. The molecule has 0 heterocycles. The molecule has 484 valence electrons. The molecule has 1 amide bonds. The number of esters is 1. The molecule has 0 aromatic rings. The Kier molecular flexibility index (Phi) is 69.9. The predicted molar refractivity (Wildman–Crippen MR) is 361 cm³/mol. The third-order valence-electron chi connectivity index (χ3n) is 17.4. The summed E-state index contributed by atoms with van der Waals surface area (Å²) in [4.78, 5) is 24.6. The van der Waals surface area contributed by atoms with Gasteiger partial charge in [0.1, 0.15) is 0 Å². The van der Waals surface area contributed by atoms with Crippen LogP contribution in [0.2, 0.25) is 0 Å². The Morgan fingerprint density at radius 1 is 0.329 bits per heavy atom. The topological polar surface area (TPSA) is 95.9 Å². The predicted octanol–water partition coefficient (Wildman–Crippen LogP) is 24.3. The Hall–Kier alpha value is -1.92. The number of aliphatic hydroxyl groups is 2. The number of carbonyl (C=O) groups is 2. The molecule has 0 aliphatic heterocycles. The smallest absolute Gasteiger partial charge is 0.305 e. The maximum atomic E-state index is 12.5. The van der Waals surface area contributed by atoms with Gasteiger partial charge in [0.05, 0.1) is 25.4 Å². The van der Waals surface area contributed by atoms with Gasteiger partial charge in [-0.1, -0.05) is 352 Å². The number of carbonyl (C=O) groups excluding carboxylic acids is 2. The molecule has 0 saturated heterocycles. The first-order valence-corrected chi connectivity index (χ1v) is 37.3. The number of ether oxygens (including phenoxy) is 1. The van der Waals surface area contributed by atoms with Gasteiger partial charge >= 0.3 is 5.97 Å². The van der Waals surface area contributed by atoms with Crippen molar-refractivity contribution in [1.29, 1.82) is 0 Å². The van der Waals surface area contributed by atoms with Crippen molar-refractivity contribution >= 4 is 11.9 Å². The lowest BCUT2D eigenvalue weighted by atomic mass is 10.0. The van der Waals surface area contributed by atoms with Crippen molar-refractivity contribution in [1.82, 2.24) is 5.32 Å². The van der Waals surface area contributed by atoms with Crippen molar-refractivity contribution in [2.45, 2.75) is 424 Å². The molecule has 0 saturated carbocycles. The molecule has 6 nitrogen and oxygen atoms in total. The number of aliphatic hydroxyl groups excluding tert-OH is 2. The van der Waals surface area contributed by atoms with Crippen LogP contribution in [0.4, 0.5) is 0 Å². The van der Waals surface area contributed by atoms with Gasteiger partial charge in [-0.05, 0) is 83.5 Å². The van der Waals surface area contributed by atoms with Crippen LogP contribution in [0.1, 0.15) is 412 Å². The maximum Gasteiger partial charge on any atom is 0.305 e. The molecule has 0 fully saturated rings. The minimum absolute atomic E-state index is 0.0118. The Labute approximate surface area is 513 Å². The van der Waals surface area contributed by atoms with Crippen molar-refractivity contribution < 1.29 is 24.5 Å². The van der Waals surface area contributed by atoms with Crippen LogP contribution in [-0.2, 0) is 14.3 Å². The minimum atomic E-state index is -0.842. The Morgan fingerprint density at radius 2 is 0.573 bits per heavy atom. The van der Waals surface area contributed by atoms with Crippen LogP contribution in [0.5, 0.6) is 0 Å². The summed E-state index contributed by atoms with van der Waals surface area (Å²) >= 11 is 0. The third-order valence-corrected chi connectivity index (χ3v) is 17.4. The molecule has 2 atom stereocenters. The zero-order valence-electron chi connectivity index (χ0n) is 55.5. The van der Waals surface area contributed by atoms with E-state index < -0.39 is 12.1 Å². The van der Waals surface area contributed by atoms with E-state index in [1.807, 2.05) is 6.08 Å². The highest BCUT2D eigenvalue weighted by molar-refractivity contribution is 5.76. The van der Waals surface area contributed by atoms with E-state index in [0.29, 0.717) is 19.4 Å². The number of rotatable bonds is 70. The number of nitrogens with one attached hydrogen (secondary N) is 1. The summed E-state index contributed by atoms with van der Waals surface area (Å²) in [7, 11) is 0. The highest BCUT2D eigenvalue weighted by Crippen LogP contribution is 2.19. The van der Waals surface area contributed by atoms with Gasteiger partial charge in [0.15, 0.2) is 0 Å². The molecule has 3 N–H and O–H groups in total. The fourth-order valence-electron chi connectivity index (χ4n) is 11.7. The van der Waals surface area contributed by atoms with Crippen LogP contribution in [0.3, 0.4) is 0 Å². The monoisotopic (exact) mass is 1150 g/mol. The van der Waals surface area contributed by atoms with Gasteiger partial charge in [-0.3, -0.25) is 9.59 Å². The lowest BCUT2D eigenvalue weighted by Crippen LogP contribution is -2.45. The average Bonchev–Trinajstić information content (AvgIpc) is 3.48. The Morgan fingerprint density at radius 3 is 0.866 bits per heavy atom. The summed E-state index contributed by atoms with van der Waals surface area (Å²) in [5, 5.41) is 23.2. The second-order valence-electron chi connectivity index (χ2n) is 25.6. The number of unbranched alkanes of at least 4 members (excludes halogenated alkanes) is 55. The summed E-state index contributed by atoms with van der Waals surface area (Å²) in [6, 6.07) is -0.625. The van der Waals surface area contributed by atoms with E-state index in [2.05, 4.69) is 43.5 Å². The van der Waals surface area contributed by atoms with Gasteiger partial charge in [-0.15, -0.1) is 0 Å². The molecular weight excluding hydrogens is 1010 g/mol. The fraction of sp³-hybridized carbons (Fsp3) is 0.895. The highest BCUT2D eigenvalue weighted by atomic mass is 16.5. The van der Waals surface area contributed by atoms with Crippen LogP contribution >= 0.6 is 0 Å². The van der Waals surface area contributed by atoms with Gasteiger partial charge in [0.25, 0.3) is 0 Å². The Bertz CT molecular complexity index is 1330.